The first-order chi connectivity index (χ1) is 9.28. The molecule has 3 nitrogen and oxygen atoms in total. The summed E-state index contributed by atoms with van der Waals surface area (Å²) in [6.45, 7) is 2.53. The molecule has 0 aliphatic heterocycles. The summed E-state index contributed by atoms with van der Waals surface area (Å²) in [5.41, 5.74) is 0.730. The van der Waals surface area contributed by atoms with Crippen LogP contribution in [0.2, 0.25) is 0 Å². The Balaban J connectivity index is 1.67. The van der Waals surface area contributed by atoms with Crippen molar-refractivity contribution in [1.82, 2.24) is 0 Å². The van der Waals surface area contributed by atoms with Crippen LogP contribution in [0, 0.1) is 5.92 Å². The lowest BCUT2D eigenvalue weighted by atomic mass is 10.0. The fraction of sp³-hybridized carbons (Fsp3) is 0.562. The van der Waals surface area contributed by atoms with E-state index in [4.69, 9.17) is 9.47 Å². The Bertz CT molecular complexity index is 444. The summed E-state index contributed by atoms with van der Waals surface area (Å²) in [6, 6.07) is 7.49. The maximum atomic E-state index is 12.4. The van der Waals surface area contributed by atoms with Crippen molar-refractivity contribution in [3.05, 3.63) is 29.8 Å². The SMILES string of the molecule is CCOC(C(=O)c1ccc(OC2CC2)cc1)C1CC1. The number of hydrogen-bond donors (Lipinski definition) is 0. The van der Waals surface area contributed by atoms with E-state index in [0.29, 0.717) is 18.6 Å². The average Bonchev–Trinajstić information content (AvgIpc) is 3.29. The molecule has 2 fully saturated rings. The summed E-state index contributed by atoms with van der Waals surface area (Å²) in [6.07, 6.45) is 4.66. The third-order valence-electron chi connectivity index (χ3n) is 3.62. The van der Waals surface area contributed by atoms with E-state index in [-0.39, 0.29) is 11.9 Å². The van der Waals surface area contributed by atoms with Gasteiger partial charge < -0.3 is 9.47 Å². The number of rotatable bonds is 7. The molecule has 3 heteroatoms. The lowest BCUT2D eigenvalue weighted by Crippen LogP contribution is -2.26. The van der Waals surface area contributed by atoms with Crippen molar-refractivity contribution < 1.29 is 14.3 Å². The lowest BCUT2D eigenvalue weighted by molar-refractivity contribution is 0.0374. The van der Waals surface area contributed by atoms with Gasteiger partial charge in [-0.25, -0.2) is 0 Å². The zero-order chi connectivity index (χ0) is 13.2. The van der Waals surface area contributed by atoms with Gasteiger partial charge in [0.05, 0.1) is 6.10 Å². The van der Waals surface area contributed by atoms with Crippen molar-refractivity contribution in [2.45, 2.75) is 44.8 Å². The fourth-order valence-electron chi connectivity index (χ4n) is 2.24. The minimum atomic E-state index is -0.250. The first-order valence-corrected chi connectivity index (χ1v) is 7.20. The molecule has 0 radical (unpaired) electrons. The van der Waals surface area contributed by atoms with Gasteiger partial charge in [0.15, 0.2) is 5.78 Å². The number of benzene rings is 1. The Labute approximate surface area is 113 Å². The predicted octanol–water partition coefficient (Wildman–Crippen LogP) is 3.23. The molecule has 2 saturated carbocycles. The van der Waals surface area contributed by atoms with Gasteiger partial charge in [-0.1, -0.05) is 0 Å². The van der Waals surface area contributed by atoms with Crippen LogP contribution in [0.15, 0.2) is 24.3 Å². The van der Waals surface area contributed by atoms with Crippen molar-refractivity contribution in [2.75, 3.05) is 6.61 Å². The second kappa shape index (κ2) is 5.33. The minimum absolute atomic E-state index is 0.113. The van der Waals surface area contributed by atoms with Crippen LogP contribution >= 0.6 is 0 Å². The van der Waals surface area contributed by atoms with Crippen molar-refractivity contribution in [2.24, 2.45) is 5.92 Å². The van der Waals surface area contributed by atoms with E-state index in [1.54, 1.807) is 0 Å². The molecule has 2 aliphatic carbocycles. The molecule has 0 bridgehead atoms. The van der Waals surface area contributed by atoms with Crippen LogP contribution in [0.3, 0.4) is 0 Å². The molecule has 0 amide bonds. The van der Waals surface area contributed by atoms with Gasteiger partial charge in [-0.3, -0.25) is 4.79 Å². The first-order valence-electron chi connectivity index (χ1n) is 7.20. The van der Waals surface area contributed by atoms with Gasteiger partial charge in [-0.15, -0.1) is 0 Å². The highest BCUT2D eigenvalue weighted by Crippen LogP contribution is 2.36. The maximum absolute atomic E-state index is 12.4. The topological polar surface area (TPSA) is 35.5 Å². The molecule has 0 heterocycles. The summed E-state index contributed by atoms with van der Waals surface area (Å²) in [4.78, 5) is 12.4. The van der Waals surface area contributed by atoms with Gasteiger partial charge in [-0.05, 0) is 62.8 Å². The van der Waals surface area contributed by atoms with Gasteiger partial charge in [0, 0.05) is 12.2 Å². The zero-order valence-electron chi connectivity index (χ0n) is 11.3. The fourth-order valence-corrected chi connectivity index (χ4v) is 2.24. The molecule has 3 rings (SSSR count). The summed E-state index contributed by atoms with van der Waals surface area (Å²) in [5, 5.41) is 0. The number of hydrogen-bond acceptors (Lipinski definition) is 3. The molecule has 2 aliphatic rings. The van der Waals surface area contributed by atoms with Crippen LogP contribution in [-0.2, 0) is 4.74 Å². The van der Waals surface area contributed by atoms with Gasteiger partial charge in [-0.2, -0.15) is 0 Å². The standard InChI is InChI=1S/C16H20O3/c1-2-18-16(12-3-4-12)15(17)11-5-7-13(8-6-11)19-14-9-10-14/h5-8,12,14,16H,2-4,9-10H2,1H3. The van der Waals surface area contributed by atoms with E-state index in [1.165, 1.54) is 0 Å². The van der Waals surface area contributed by atoms with E-state index in [9.17, 15) is 4.79 Å². The summed E-state index contributed by atoms with van der Waals surface area (Å²) in [7, 11) is 0. The summed E-state index contributed by atoms with van der Waals surface area (Å²) < 4.78 is 11.3. The van der Waals surface area contributed by atoms with Crippen molar-refractivity contribution in [3.63, 3.8) is 0 Å². The van der Waals surface area contributed by atoms with Crippen LogP contribution in [0.1, 0.15) is 43.0 Å². The number of ether oxygens (including phenoxy) is 2. The Morgan fingerprint density at radius 2 is 1.89 bits per heavy atom. The molecule has 0 N–H and O–H groups in total. The highest BCUT2D eigenvalue weighted by molar-refractivity contribution is 6.00. The van der Waals surface area contributed by atoms with E-state index < -0.39 is 0 Å². The van der Waals surface area contributed by atoms with Crippen LogP contribution in [0.4, 0.5) is 0 Å². The Kier molecular flexibility index (Phi) is 3.56. The Morgan fingerprint density at radius 3 is 2.42 bits per heavy atom. The Morgan fingerprint density at radius 1 is 1.21 bits per heavy atom. The molecule has 0 saturated heterocycles. The van der Waals surface area contributed by atoms with Crippen molar-refractivity contribution in [3.8, 4) is 5.75 Å². The maximum Gasteiger partial charge on any atom is 0.191 e. The molecule has 1 aromatic carbocycles. The van der Waals surface area contributed by atoms with Crippen molar-refractivity contribution in [1.29, 1.82) is 0 Å². The number of Topliss-reactive ketones (excluding diaryl/α,β-unsaturated/α-hetero) is 1. The smallest absolute Gasteiger partial charge is 0.191 e. The van der Waals surface area contributed by atoms with E-state index in [0.717, 1.165) is 37.0 Å². The molecule has 19 heavy (non-hydrogen) atoms. The molecule has 1 unspecified atom stereocenters. The first kappa shape index (κ1) is 12.7. The van der Waals surface area contributed by atoms with Gasteiger partial charge in [0.25, 0.3) is 0 Å². The van der Waals surface area contributed by atoms with Crippen molar-refractivity contribution >= 4 is 5.78 Å². The third kappa shape index (κ3) is 3.16. The number of carbonyl (C=O) groups excluding carboxylic acids is 1. The normalized spacial score (nSPS) is 20.1. The van der Waals surface area contributed by atoms with Crippen LogP contribution in [0.5, 0.6) is 5.75 Å². The monoisotopic (exact) mass is 260 g/mol. The third-order valence-corrected chi connectivity index (χ3v) is 3.62. The van der Waals surface area contributed by atoms with Crippen LogP contribution in [-0.4, -0.2) is 24.6 Å². The molecular weight excluding hydrogens is 240 g/mol. The van der Waals surface area contributed by atoms with Crippen LogP contribution in [0.25, 0.3) is 0 Å². The molecular formula is C16H20O3. The van der Waals surface area contributed by atoms with Crippen LogP contribution < -0.4 is 4.74 Å². The largest absolute Gasteiger partial charge is 0.490 e. The van der Waals surface area contributed by atoms with Gasteiger partial charge in [0.1, 0.15) is 11.9 Å². The highest BCUT2D eigenvalue weighted by atomic mass is 16.5. The summed E-state index contributed by atoms with van der Waals surface area (Å²) >= 11 is 0. The van der Waals surface area contributed by atoms with E-state index >= 15 is 0 Å². The zero-order valence-corrected chi connectivity index (χ0v) is 11.3. The Hall–Kier alpha value is -1.35. The molecule has 1 atom stereocenters. The van der Waals surface area contributed by atoms with Gasteiger partial charge in [0.2, 0.25) is 0 Å². The molecule has 102 valence electrons. The molecule has 0 aromatic heterocycles. The van der Waals surface area contributed by atoms with E-state index in [1.807, 2.05) is 31.2 Å². The van der Waals surface area contributed by atoms with E-state index in [2.05, 4.69) is 0 Å². The number of carbonyl (C=O) groups is 1. The minimum Gasteiger partial charge on any atom is -0.490 e. The quantitative estimate of drug-likeness (QED) is 0.706. The second-order valence-corrected chi connectivity index (χ2v) is 5.42. The molecule has 1 aromatic rings. The molecule has 0 spiro atoms. The highest BCUT2D eigenvalue weighted by Gasteiger charge is 2.37. The predicted molar refractivity (Wildman–Crippen MR) is 72.6 cm³/mol. The average molecular weight is 260 g/mol. The second-order valence-electron chi connectivity index (χ2n) is 5.42. The summed E-state index contributed by atoms with van der Waals surface area (Å²) in [5.74, 6) is 1.40. The van der Waals surface area contributed by atoms with Gasteiger partial charge >= 0.3 is 0 Å². The number of ketones is 1. The lowest BCUT2D eigenvalue weighted by Gasteiger charge is -2.15.